The summed E-state index contributed by atoms with van der Waals surface area (Å²) in [5, 5.41) is 3.43. The van der Waals surface area contributed by atoms with Crippen molar-refractivity contribution in [3.8, 4) is 0 Å². The van der Waals surface area contributed by atoms with E-state index in [0.717, 1.165) is 29.9 Å². The minimum absolute atomic E-state index is 0.128. The SMILES string of the molecule is CCCNC(c1cc(C)nc(C)c1)c1ccccc1F. The second kappa shape index (κ2) is 6.62. The van der Waals surface area contributed by atoms with Gasteiger partial charge < -0.3 is 5.32 Å². The first-order valence-electron chi connectivity index (χ1n) is 7.04. The number of benzene rings is 1. The van der Waals surface area contributed by atoms with E-state index >= 15 is 0 Å². The Morgan fingerprint density at radius 3 is 2.40 bits per heavy atom. The van der Waals surface area contributed by atoms with E-state index in [9.17, 15) is 4.39 Å². The molecule has 1 aromatic carbocycles. The standard InChI is InChI=1S/C17H21FN2/c1-4-9-19-17(15-7-5-6-8-16(15)18)14-10-12(2)20-13(3)11-14/h5-8,10-11,17,19H,4,9H2,1-3H3. The molecule has 0 aliphatic heterocycles. The first kappa shape index (κ1) is 14.7. The van der Waals surface area contributed by atoms with Crippen molar-refractivity contribution in [3.63, 3.8) is 0 Å². The summed E-state index contributed by atoms with van der Waals surface area (Å²) in [5.74, 6) is -0.173. The highest BCUT2D eigenvalue weighted by Crippen LogP contribution is 2.25. The molecule has 1 N–H and O–H groups in total. The van der Waals surface area contributed by atoms with E-state index in [2.05, 4.69) is 17.2 Å². The Labute approximate surface area is 120 Å². The summed E-state index contributed by atoms with van der Waals surface area (Å²) in [6.07, 6.45) is 1.01. The molecule has 3 heteroatoms. The Kier molecular flexibility index (Phi) is 4.85. The average molecular weight is 272 g/mol. The van der Waals surface area contributed by atoms with Crippen LogP contribution in [0, 0.1) is 19.7 Å². The van der Waals surface area contributed by atoms with Crippen LogP contribution in [0.3, 0.4) is 0 Å². The molecule has 106 valence electrons. The number of pyridine rings is 1. The minimum Gasteiger partial charge on any atom is -0.306 e. The molecular formula is C17H21FN2. The smallest absolute Gasteiger partial charge is 0.128 e. The lowest BCUT2D eigenvalue weighted by atomic mass is 9.97. The van der Waals surface area contributed by atoms with Crippen LogP contribution in [0.5, 0.6) is 0 Å². The summed E-state index contributed by atoms with van der Waals surface area (Å²) in [7, 11) is 0. The van der Waals surface area contributed by atoms with Crippen molar-refractivity contribution in [2.45, 2.75) is 33.2 Å². The van der Waals surface area contributed by atoms with Crippen LogP contribution >= 0.6 is 0 Å². The minimum atomic E-state index is -0.173. The lowest BCUT2D eigenvalue weighted by molar-refractivity contribution is 0.546. The largest absolute Gasteiger partial charge is 0.306 e. The molecule has 0 bridgehead atoms. The molecule has 0 aliphatic carbocycles. The Balaban J connectivity index is 2.44. The quantitative estimate of drug-likeness (QED) is 0.892. The Hall–Kier alpha value is -1.74. The number of halogens is 1. The highest BCUT2D eigenvalue weighted by Gasteiger charge is 2.17. The van der Waals surface area contributed by atoms with Crippen LogP contribution in [0.25, 0.3) is 0 Å². The summed E-state index contributed by atoms with van der Waals surface area (Å²) in [5.41, 5.74) is 3.67. The highest BCUT2D eigenvalue weighted by molar-refractivity contribution is 5.34. The van der Waals surface area contributed by atoms with Gasteiger partial charge in [-0.2, -0.15) is 0 Å². The molecule has 1 aromatic heterocycles. The number of hydrogen-bond acceptors (Lipinski definition) is 2. The number of aromatic nitrogens is 1. The number of aryl methyl sites for hydroxylation is 2. The van der Waals surface area contributed by atoms with Gasteiger partial charge in [0.1, 0.15) is 5.82 Å². The van der Waals surface area contributed by atoms with Crippen LogP contribution < -0.4 is 5.32 Å². The Bertz CT molecular complexity index is 561. The van der Waals surface area contributed by atoms with Gasteiger partial charge in [0.15, 0.2) is 0 Å². The fourth-order valence-electron chi connectivity index (χ4n) is 2.44. The van der Waals surface area contributed by atoms with Crippen molar-refractivity contribution < 1.29 is 4.39 Å². The molecule has 1 heterocycles. The molecule has 20 heavy (non-hydrogen) atoms. The second-order valence-electron chi connectivity index (χ2n) is 5.09. The third-order valence-corrected chi connectivity index (χ3v) is 3.25. The van der Waals surface area contributed by atoms with Crippen molar-refractivity contribution >= 4 is 0 Å². The van der Waals surface area contributed by atoms with Gasteiger partial charge in [-0.3, -0.25) is 4.98 Å². The van der Waals surface area contributed by atoms with Crippen LogP contribution in [0.4, 0.5) is 4.39 Å². The van der Waals surface area contributed by atoms with Gasteiger partial charge in [-0.25, -0.2) is 4.39 Å². The lowest BCUT2D eigenvalue weighted by Gasteiger charge is -2.21. The van der Waals surface area contributed by atoms with E-state index in [1.54, 1.807) is 6.07 Å². The fraction of sp³-hybridized carbons (Fsp3) is 0.353. The maximum Gasteiger partial charge on any atom is 0.128 e. The van der Waals surface area contributed by atoms with Gasteiger partial charge in [0.2, 0.25) is 0 Å². The zero-order chi connectivity index (χ0) is 14.5. The monoisotopic (exact) mass is 272 g/mol. The molecule has 0 aliphatic rings. The molecule has 1 unspecified atom stereocenters. The molecule has 0 saturated heterocycles. The topological polar surface area (TPSA) is 24.9 Å². The summed E-state index contributed by atoms with van der Waals surface area (Å²) in [6, 6.07) is 10.9. The van der Waals surface area contributed by atoms with Crippen molar-refractivity contribution in [1.29, 1.82) is 0 Å². The van der Waals surface area contributed by atoms with Crippen LogP contribution in [-0.2, 0) is 0 Å². The van der Waals surface area contributed by atoms with Gasteiger partial charge in [0.05, 0.1) is 6.04 Å². The van der Waals surface area contributed by atoms with Gasteiger partial charge in [-0.15, -0.1) is 0 Å². The average Bonchev–Trinajstić information content (AvgIpc) is 2.40. The molecule has 0 saturated carbocycles. The van der Waals surface area contributed by atoms with E-state index in [1.807, 2.05) is 38.1 Å². The van der Waals surface area contributed by atoms with E-state index in [4.69, 9.17) is 0 Å². The van der Waals surface area contributed by atoms with Gasteiger partial charge in [-0.05, 0) is 50.6 Å². The molecule has 2 aromatic rings. The second-order valence-corrected chi connectivity index (χ2v) is 5.09. The van der Waals surface area contributed by atoms with Gasteiger partial charge in [0, 0.05) is 17.0 Å². The van der Waals surface area contributed by atoms with E-state index in [0.29, 0.717) is 5.56 Å². The van der Waals surface area contributed by atoms with Crippen molar-refractivity contribution in [1.82, 2.24) is 10.3 Å². The molecular weight excluding hydrogens is 251 g/mol. The van der Waals surface area contributed by atoms with Gasteiger partial charge in [-0.1, -0.05) is 25.1 Å². The van der Waals surface area contributed by atoms with Crippen LogP contribution in [0.2, 0.25) is 0 Å². The Morgan fingerprint density at radius 2 is 1.80 bits per heavy atom. The number of nitrogens with one attached hydrogen (secondary N) is 1. The van der Waals surface area contributed by atoms with Crippen LogP contribution in [-0.4, -0.2) is 11.5 Å². The normalized spacial score (nSPS) is 12.4. The van der Waals surface area contributed by atoms with E-state index in [1.165, 1.54) is 6.07 Å². The van der Waals surface area contributed by atoms with Crippen LogP contribution in [0.15, 0.2) is 36.4 Å². The van der Waals surface area contributed by atoms with E-state index < -0.39 is 0 Å². The fourth-order valence-corrected chi connectivity index (χ4v) is 2.44. The summed E-state index contributed by atoms with van der Waals surface area (Å²) < 4.78 is 14.1. The summed E-state index contributed by atoms with van der Waals surface area (Å²) >= 11 is 0. The molecule has 0 radical (unpaired) electrons. The molecule has 0 fully saturated rings. The number of nitrogens with zero attached hydrogens (tertiary/aromatic N) is 1. The summed E-state index contributed by atoms with van der Waals surface area (Å²) in [4.78, 5) is 4.39. The molecule has 1 atom stereocenters. The van der Waals surface area contributed by atoms with Crippen molar-refractivity contribution in [3.05, 3.63) is 64.7 Å². The first-order valence-corrected chi connectivity index (χ1v) is 7.04. The predicted octanol–water partition coefficient (Wildman–Crippen LogP) is 3.93. The number of rotatable bonds is 5. The zero-order valence-corrected chi connectivity index (χ0v) is 12.3. The van der Waals surface area contributed by atoms with Crippen molar-refractivity contribution in [2.24, 2.45) is 0 Å². The number of hydrogen-bond donors (Lipinski definition) is 1. The van der Waals surface area contributed by atoms with Gasteiger partial charge in [0.25, 0.3) is 0 Å². The highest BCUT2D eigenvalue weighted by atomic mass is 19.1. The molecule has 0 amide bonds. The molecule has 2 rings (SSSR count). The van der Waals surface area contributed by atoms with E-state index in [-0.39, 0.29) is 11.9 Å². The van der Waals surface area contributed by atoms with Crippen molar-refractivity contribution in [2.75, 3.05) is 6.54 Å². The maximum absolute atomic E-state index is 14.1. The lowest BCUT2D eigenvalue weighted by Crippen LogP contribution is -2.24. The Morgan fingerprint density at radius 1 is 1.15 bits per heavy atom. The maximum atomic E-state index is 14.1. The van der Waals surface area contributed by atoms with Crippen LogP contribution in [0.1, 0.15) is 41.9 Å². The summed E-state index contributed by atoms with van der Waals surface area (Å²) in [6.45, 7) is 6.89. The zero-order valence-electron chi connectivity index (χ0n) is 12.3. The third-order valence-electron chi connectivity index (χ3n) is 3.25. The molecule has 2 nitrogen and oxygen atoms in total. The van der Waals surface area contributed by atoms with Gasteiger partial charge >= 0.3 is 0 Å². The third kappa shape index (κ3) is 3.42. The predicted molar refractivity (Wildman–Crippen MR) is 80.2 cm³/mol. The molecule has 0 spiro atoms. The first-order chi connectivity index (χ1) is 9.61.